The van der Waals surface area contributed by atoms with Crippen molar-refractivity contribution < 1.29 is 30.6 Å². The van der Waals surface area contributed by atoms with Crippen LogP contribution in [0.15, 0.2) is 0 Å². The van der Waals surface area contributed by atoms with Gasteiger partial charge in [-0.3, -0.25) is 8.98 Å². The molecule has 0 aromatic heterocycles. The minimum atomic E-state index is -5.62. The fraction of sp³-hybridized carbons (Fsp3) is 0.889. The maximum Gasteiger partial charge on any atom is 0.523 e. The summed E-state index contributed by atoms with van der Waals surface area (Å²) in [5.41, 5.74) is -6.89. The monoisotopic (exact) mass is 272 g/mol. The van der Waals surface area contributed by atoms with E-state index in [1.807, 2.05) is 0 Å². The number of fused-ring (bicyclic) bond motifs is 3. The molecular formula is C9H11F3O4S. The van der Waals surface area contributed by atoms with Crippen LogP contribution in [-0.2, 0) is 19.1 Å². The number of carbonyl (C=O) groups is 1. The number of carbonyl (C=O) groups excluding carboxylic acids is 1. The molecule has 0 aliphatic heterocycles. The van der Waals surface area contributed by atoms with Gasteiger partial charge >= 0.3 is 15.6 Å². The van der Waals surface area contributed by atoms with E-state index >= 15 is 0 Å². The van der Waals surface area contributed by atoms with Crippen LogP contribution >= 0.6 is 0 Å². The summed E-state index contributed by atoms with van der Waals surface area (Å²) < 4.78 is 62.8. The molecule has 3 aliphatic rings. The highest BCUT2D eigenvalue weighted by atomic mass is 32.2. The second kappa shape index (κ2) is 3.68. The molecular weight excluding hydrogens is 261 g/mol. The van der Waals surface area contributed by atoms with Crippen molar-refractivity contribution in [1.82, 2.24) is 0 Å². The minimum Gasteiger partial charge on any atom is -0.299 e. The van der Waals surface area contributed by atoms with E-state index in [0.717, 1.165) is 0 Å². The largest absolute Gasteiger partial charge is 0.523 e. The molecule has 4 nitrogen and oxygen atoms in total. The number of hydrogen-bond acceptors (Lipinski definition) is 4. The van der Waals surface area contributed by atoms with E-state index in [2.05, 4.69) is 4.18 Å². The Kier molecular flexibility index (Phi) is 2.77. The van der Waals surface area contributed by atoms with Gasteiger partial charge in [0, 0.05) is 12.3 Å². The van der Waals surface area contributed by atoms with Crippen molar-refractivity contribution in [3.05, 3.63) is 0 Å². The highest BCUT2D eigenvalue weighted by Gasteiger charge is 2.55. The first-order chi connectivity index (χ1) is 7.65. The molecule has 0 amide bonds. The lowest BCUT2D eigenvalue weighted by atomic mass is 9.67. The summed E-state index contributed by atoms with van der Waals surface area (Å²) in [6, 6.07) is 0. The van der Waals surface area contributed by atoms with E-state index in [0.29, 0.717) is 12.8 Å². The Balaban J connectivity index is 2.21. The second-order valence-electron chi connectivity index (χ2n) is 4.58. The van der Waals surface area contributed by atoms with Gasteiger partial charge in [0.2, 0.25) is 0 Å². The Bertz CT molecular complexity index is 432. The lowest BCUT2D eigenvalue weighted by molar-refractivity contribution is -0.140. The van der Waals surface area contributed by atoms with Crippen LogP contribution in [0, 0.1) is 5.92 Å². The molecule has 0 saturated heterocycles. The summed E-state index contributed by atoms with van der Waals surface area (Å²) in [5.74, 6) is -0.325. The molecule has 0 unspecified atom stereocenters. The summed E-state index contributed by atoms with van der Waals surface area (Å²) in [4.78, 5) is 11.4. The van der Waals surface area contributed by atoms with Gasteiger partial charge < -0.3 is 0 Å². The van der Waals surface area contributed by atoms with E-state index < -0.39 is 21.2 Å². The molecule has 0 spiro atoms. The Morgan fingerprint density at radius 3 is 2.18 bits per heavy atom. The fourth-order valence-corrected chi connectivity index (χ4v) is 3.28. The van der Waals surface area contributed by atoms with Gasteiger partial charge in [-0.1, -0.05) is 0 Å². The summed E-state index contributed by atoms with van der Waals surface area (Å²) in [6.45, 7) is 0. The molecule has 3 rings (SSSR count). The molecule has 0 radical (unpaired) electrons. The predicted octanol–water partition coefficient (Wildman–Crippen LogP) is 1.75. The molecule has 2 bridgehead atoms. The Labute approximate surface area is 96.3 Å². The quantitative estimate of drug-likeness (QED) is 0.567. The molecule has 17 heavy (non-hydrogen) atoms. The summed E-state index contributed by atoms with van der Waals surface area (Å²) >= 11 is 0. The van der Waals surface area contributed by atoms with Crippen LogP contribution in [0.5, 0.6) is 0 Å². The normalized spacial score (nSPS) is 34.1. The van der Waals surface area contributed by atoms with Crippen molar-refractivity contribution in [1.29, 1.82) is 0 Å². The molecule has 3 aliphatic carbocycles. The third-order valence-corrected chi connectivity index (χ3v) is 4.56. The molecule has 98 valence electrons. The van der Waals surface area contributed by atoms with Crippen LogP contribution in [0.4, 0.5) is 13.2 Å². The standard InChI is InChI=1S/C9H11F3O4S/c10-9(11,12)17(14,15)16-8-3-1-6(2-4-8)7(13)5-8/h6H,1-5H2. The molecule has 3 fully saturated rings. The smallest absolute Gasteiger partial charge is 0.299 e. The van der Waals surface area contributed by atoms with Gasteiger partial charge in [-0.05, 0) is 25.7 Å². The zero-order chi connectivity index (χ0) is 12.9. The van der Waals surface area contributed by atoms with Crippen molar-refractivity contribution >= 4 is 15.9 Å². The van der Waals surface area contributed by atoms with Gasteiger partial charge in [-0.25, -0.2) is 0 Å². The number of rotatable bonds is 2. The van der Waals surface area contributed by atoms with Crippen LogP contribution in [-0.4, -0.2) is 25.3 Å². The van der Waals surface area contributed by atoms with E-state index in [1.54, 1.807) is 0 Å². The van der Waals surface area contributed by atoms with E-state index in [9.17, 15) is 26.4 Å². The van der Waals surface area contributed by atoms with Crippen LogP contribution in [0.3, 0.4) is 0 Å². The molecule has 0 heterocycles. The van der Waals surface area contributed by atoms with Gasteiger partial charge in [0.25, 0.3) is 0 Å². The van der Waals surface area contributed by atoms with Crippen molar-refractivity contribution in [3.63, 3.8) is 0 Å². The van der Waals surface area contributed by atoms with E-state index in [1.165, 1.54) is 0 Å². The first-order valence-electron chi connectivity index (χ1n) is 5.20. The summed E-state index contributed by atoms with van der Waals surface area (Å²) in [7, 11) is -5.62. The number of halogens is 3. The summed E-state index contributed by atoms with van der Waals surface area (Å²) in [6.07, 6.45) is 0.975. The first-order valence-corrected chi connectivity index (χ1v) is 6.61. The van der Waals surface area contributed by atoms with E-state index in [-0.39, 0.29) is 31.0 Å². The Morgan fingerprint density at radius 1 is 1.24 bits per heavy atom. The number of Topliss-reactive ketones (excluding diaryl/α,β-unsaturated/α-hetero) is 1. The Morgan fingerprint density at radius 2 is 1.76 bits per heavy atom. The van der Waals surface area contributed by atoms with Crippen molar-refractivity contribution in [3.8, 4) is 0 Å². The van der Waals surface area contributed by atoms with Crippen LogP contribution in [0.25, 0.3) is 0 Å². The summed E-state index contributed by atoms with van der Waals surface area (Å²) in [5, 5.41) is 0. The lowest BCUT2D eigenvalue weighted by Gasteiger charge is -2.44. The lowest BCUT2D eigenvalue weighted by Crippen LogP contribution is -2.49. The maximum absolute atomic E-state index is 12.2. The van der Waals surface area contributed by atoms with Gasteiger partial charge in [0.1, 0.15) is 5.78 Å². The fourth-order valence-electron chi connectivity index (χ4n) is 2.50. The third kappa shape index (κ3) is 2.20. The molecule has 0 aromatic rings. The average Bonchev–Trinajstić information content (AvgIpc) is 2.15. The van der Waals surface area contributed by atoms with Crippen LogP contribution in [0.1, 0.15) is 32.1 Å². The minimum absolute atomic E-state index is 0.130. The molecule has 8 heteroatoms. The molecule has 0 N–H and O–H groups in total. The molecule has 0 atom stereocenters. The topological polar surface area (TPSA) is 60.4 Å². The van der Waals surface area contributed by atoms with Crippen molar-refractivity contribution in [2.24, 2.45) is 5.92 Å². The van der Waals surface area contributed by atoms with Crippen LogP contribution < -0.4 is 0 Å². The highest BCUT2D eigenvalue weighted by Crippen LogP contribution is 2.46. The predicted molar refractivity (Wildman–Crippen MR) is 50.4 cm³/mol. The molecule has 0 aromatic carbocycles. The van der Waals surface area contributed by atoms with Gasteiger partial charge in [-0.2, -0.15) is 21.6 Å². The zero-order valence-corrected chi connectivity index (χ0v) is 9.60. The van der Waals surface area contributed by atoms with Crippen LogP contribution in [0.2, 0.25) is 0 Å². The average molecular weight is 272 g/mol. The van der Waals surface area contributed by atoms with Crippen molar-refractivity contribution in [2.45, 2.75) is 43.2 Å². The van der Waals surface area contributed by atoms with Gasteiger partial charge in [0.15, 0.2) is 0 Å². The number of hydrogen-bond donors (Lipinski definition) is 0. The Hall–Kier alpha value is -0.630. The molecule has 3 saturated carbocycles. The maximum atomic E-state index is 12.2. The van der Waals surface area contributed by atoms with Gasteiger partial charge in [0.05, 0.1) is 5.60 Å². The second-order valence-corrected chi connectivity index (χ2v) is 6.12. The zero-order valence-electron chi connectivity index (χ0n) is 8.79. The van der Waals surface area contributed by atoms with Crippen molar-refractivity contribution in [2.75, 3.05) is 0 Å². The van der Waals surface area contributed by atoms with Gasteiger partial charge in [-0.15, -0.1) is 0 Å². The number of alkyl halides is 3. The SMILES string of the molecule is O=C1CC2(OS(=O)(=O)C(F)(F)F)CCC1CC2. The third-order valence-electron chi connectivity index (χ3n) is 3.42. The highest BCUT2D eigenvalue weighted by molar-refractivity contribution is 7.87. The van der Waals surface area contributed by atoms with E-state index in [4.69, 9.17) is 0 Å². The number of ketones is 1. The first kappa shape index (κ1) is 12.8.